The quantitative estimate of drug-likeness (QED) is 0.741. The number of rotatable bonds is 3. The number of aliphatic hydroxyl groups is 1. The van der Waals surface area contributed by atoms with E-state index < -0.39 is 0 Å². The van der Waals surface area contributed by atoms with Crippen LogP contribution in [-0.2, 0) is 6.54 Å². The number of piperidine rings is 1. The first-order valence-electron chi connectivity index (χ1n) is 7.00. The summed E-state index contributed by atoms with van der Waals surface area (Å²) in [4.78, 5) is 0. The molecular weight excluding hydrogens is 228 g/mol. The molecule has 2 aliphatic rings. The Labute approximate surface area is 108 Å². The second-order valence-corrected chi connectivity index (χ2v) is 5.42. The van der Waals surface area contributed by atoms with E-state index in [2.05, 4.69) is 21.4 Å². The average molecular weight is 250 g/mol. The number of hydrogen-bond acceptors (Lipinski definition) is 4. The fraction of sp³-hybridized carbons (Fsp3) is 0.769. The molecule has 1 atom stereocenters. The molecule has 3 rings (SSSR count). The third-order valence-electron chi connectivity index (χ3n) is 4.10. The molecule has 5 nitrogen and oxygen atoms in total. The van der Waals surface area contributed by atoms with E-state index in [4.69, 9.17) is 10.2 Å². The fourth-order valence-corrected chi connectivity index (χ4v) is 2.97. The summed E-state index contributed by atoms with van der Waals surface area (Å²) >= 11 is 0. The van der Waals surface area contributed by atoms with Crippen LogP contribution < -0.4 is 10.6 Å². The highest BCUT2D eigenvalue weighted by Gasteiger charge is 2.23. The molecule has 5 heteroatoms. The van der Waals surface area contributed by atoms with Crippen molar-refractivity contribution < 1.29 is 5.11 Å². The maximum absolute atomic E-state index is 9.01. The van der Waals surface area contributed by atoms with E-state index in [9.17, 15) is 0 Å². The van der Waals surface area contributed by atoms with Gasteiger partial charge in [0.05, 0.1) is 5.69 Å². The van der Waals surface area contributed by atoms with E-state index in [0.717, 1.165) is 38.4 Å². The lowest BCUT2D eigenvalue weighted by Crippen LogP contribution is -2.28. The molecule has 0 bridgehead atoms. The lowest BCUT2D eigenvalue weighted by atomic mass is 9.95. The van der Waals surface area contributed by atoms with Crippen molar-refractivity contribution in [2.24, 2.45) is 5.92 Å². The number of nitrogens with one attached hydrogen (secondary N) is 2. The van der Waals surface area contributed by atoms with Crippen LogP contribution in [0.3, 0.4) is 0 Å². The predicted octanol–water partition coefficient (Wildman–Crippen LogP) is 0.774. The van der Waals surface area contributed by atoms with E-state index in [-0.39, 0.29) is 6.61 Å². The minimum Gasteiger partial charge on any atom is -0.396 e. The van der Waals surface area contributed by atoms with Gasteiger partial charge < -0.3 is 15.7 Å². The second-order valence-electron chi connectivity index (χ2n) is 5.42. The summed E-state index contributed by atoms with van der Waals surface area (Å²) in [6, 6.07) is 2.21. The zero-order chi connectivity index (χ0) is 12.4. The molecule has 0 amide bonds. The number of fused-ring (bicyclic) bond motifs is 1. The Morgan fingerprint density at radius 3 is 3.00 bits per heavy atom. The molecule has 100 valence electrons. The number of aliphatic hydroxyl groups excluding tert-OH is 1. The monoisotopic (exact) mass is 250 g/mol. The molecule has 3 heterocycles. The summed E-state index contributed by atoms with van der Waals surface area (Å²) < 4.78 is 2.08. The van der Waals surface area contributed by atoms with Crippen LogP contribution in [-0.4, -0.2) is 41.1 Å². The zero-order valence-electron chi connectivity index (χ0n) is 10.7. The Bertz CT molecular complexity index is 398. The molecule has 0 saturated carbocycles. The van der Waals surface area contributed by atoms with Gasteiger partial charge in [0, 0.05) is 31.7 Å². The molecule has 18 heavy (non-hydrogen) atoms. The maximum atomic E-state index is 9.01. The molecule has 1 aromatic rings. The SMILES string of the molecule is OCCC1CNc2cc(C3CCNCC3)nn2C1. The highest BCUT2D eigenvalue weighted by Crippen LogP contribution is 2.28. The van der Waals surface area contributed by atoms with Crippen LogP contribution in [0.25, 0.3) is 0 Å². The van der Waals surface area contributed by atoms with Crippen molar-refractivity contribution in [2.75, 3.05) is 31.6 Å². The molecule has 0 aromatic carbocycles. The molecule has 1 fully saturated rings. The van der Waals surface area contributed by atoms with Crippen LogP contribution in [0.1, 0.15) is 30.9 Å². The molecule has 3 N–H and O–H groups in total. The van der Waals surface area contributed by atoms with Gasteiger partial charge in [0.1, 0.15) is 5.82 Å². The third kappa shape index (κ3) is 2.37. The van der Waals surface area contributed by atoms with Gasteiger partial charge in [0.2, 0.25) is 0 Å². The number of aromatic nitrogens is 2. The highest BCUT2D eigenvalue weighted by atomic mass is 16.3. The summed E-state index contributed by atoms with van der Waals surface area (Å²) in [5.41, 5.74) is 1.24. The van der Waals surface area contributed by atoms with E-state index in [1.165, 1.54) is 18.5 Å². The van der Waals surface area contributed by atoms with Gasteiger partial charge in [-0.2, -0.15) is 5.10 Å². The third-order valence-corrected chi connectivity index (χ3v) is 4.10. The van der Waals surface area contributed by atoms with Crippen LogP contribution in [0.4, 0.5) is 5.82 Å². The van der Waals surface area contributed by atoms with Crippen molar-refractivity contribution in [1.82, 2.24) is 15.1 Å². The Morgan fingerprint density at radius 2 is 2.22 bits per heavy atom. The normalized spacial score (nSPS) is 24.6. The summed E-state index contributed by atoms with van der Waals surface area (Å²) in [5.74, 6) is 2.27. The van der Waals surface area contributed by atoms with Crippen LogP contribution in [0.15, 0.2) is 6.07 Å². The first-order valence-corrected chi connectivity index (χ1v) is 7.00. The zero-order valence-corrected chi connectivity index (χ0v) is 10.7. The molecule has 1 unspecified atom stereocenters. The molecule has 0 spiro atoms. The smallest absolute Gasteiger partial charge is 0.124 e. The Balaban J connectivity index is 1.72. The van der Waals surface area contributed by atoms with Gasteiger partial charge in [-0.15, -0.1) is 0 Å². The van der Waals surface area contributed by atoms with Crippen molar-refractivity contribution in [3.8, 4) is 0 Å². The predicted molar refractivity (Wildman–Crippen MR) is 70.8 cm³/mol. The summed E-state index contributed by atoms with van der Waals surface area (Å²) in [5, 5.41) is 20.6. The van der Waals surface area contributed by atoms with E-state index in [1.807, 2.05) is 0 Å². The highest BCUT2D eigenvalue weighted by molar-refractivity contribution is 5.39. The van der Waals surface area contributed by atoms with Gasteiger partial charge in [-0.3, -0.25) is 0 Å². The largest absolute Gasteiger partial charge is 0.396 e. The summed E-state index contributed by atoms with van der Waals surface area (Å²) in [7, 11) is 0. The Hall–Kier alpha value is -1.07. The van der Waals surface area contributed by atoms with E-state index in [0.29, 0.717) is 11.8 Å². The summed E-state index contributed by atoms with van der Waals surface area (Å²) in [6.07, 6.45) is 3.24. The van der Waals surface area contributed by atoms with E-state index >= 15 is 0 Å². The minimum atomic E-state index is 0.268. The standard InChI is InChI=1S/C13H22N4O/c18-6-3-10-8-15-13-7-12(16-17(13)9-10)11-1-4-14-5-2-11/h7,10-11,14-15,18H,1-6,8-9H2. The van der Waals surface area contributed by atoms with Gasteiger partial charge in [-0.25, -0.2) is 4.68 Å². The van der Waals surface area contributed by atoms with Crippen LogP contribution >= 0.6 is 0 Å². The maximum Gasteiger partial charge on any atom is 0.124 e. The first kappa shape index (κ1) is 12.0. The Morgan fingerprint density at radius 1 is 1.39 bits per heavy atom. The van der Waals surface area contributed by atoms with Crippen molar-refractivity contribution in [3.63, 3.8) is 0 Å². The van der Waals surface area contributed by atoms with Crippen LogP contribution in [0.5, 0.6) is 0 Å². The number of nitrogens with zero attached hydrogens (tertiary/aromatic N) is 2. The molecular formula is C13H22N4O. The molecule has 0 aliphatic carbocycles. The number of anilines is 1. The Kier molecular flexibility index (Phi) is 3.52. The van der Waals surface area contributed by atoms with Gasteiger partial charge >= 0.3 is 0 Å². The first-order chi connectivity index (χ1) is 8.86. The fourth-order valence-electron chi connectivity index (χ4n) is 2.97. The lowest BCUT2D eigenvalue weighted by Gasteiger charge is -2.24. The van der Waals surface area contributed by atoms with Gasteiger partial charge in [0.25, 0.3) is 0 Å². The van der Waals surface area contributed by atoms with Crippen LogP contribution in [0, 0.1) is 5.92 Å². The number of hydrogen-bond donors (Lipinski definition) is 3. The summed E-state index contributed by atoms with van der Waals surface area (Å²) in [6.45, 7) is 4.37. The second kappa shape index (κ2) is 5.28. The molecule has 1 aromatic heterocycles. The lowest BCUT2D eigenvalue weighted by molar-refractivity contribution is 0.244. The minimum absolute atomic E-state index is 0.268. The van der Waals surface area contributed by atoms with Gasteiger partial charge in [0.15, 0.2) is 0 Å². The van der Waals surface area contributed by atoms with Crippen LogP contribution in [0.2, 0.25) is 0 Å². The van der Waals surface area contributed by atoms with Crippen molar-refractivity contribution in [3.05, 3.63) is 11.8 Å². The van der Waals surface area contributed by atoms with Crippen molar-refractivity contribution in [2.45, 2.75) is 31.7 Å². The van der Waals surface area contributed by atoms with Gasteiger partial charge in [-0.05, 0) is 38.3 Å². The van der Waals surface area contributed by atoms with E-state index in [1.54, 1.807) is 0 Å². The van der Waals surface area contributed by atoms with Crippen molar-refractivity contribution >= 4 is 5.82 Å². The molecule has 2 aliphatic heterocycles. The van der Waals surface area contributed by atoms with Gasteiger partial charge in [-0.1, -0.05) is 0 Å². The average Bonchev–Trinajstić information content (AvgIpc) is 2.83. The molecule has 1 saturated heterocycles. The topological polar surface area (TPSA) is 62.1 Å². The molecule has 0 radical (unpaired) electrons. The van der Waals surface area contributed by atoms with Crippen molar-refractivity contribution in [1.29, 1.82) is 0 Å².